The van der Waals surface area contributed by atoms with Gasteiger partial charge >= 0.3 is 0 Å². The summed E-state index contributed by atoms with van der Waals surface area (Å²) < 4.78 is 26.3. The maximum absolute atomic E-state index is 15.0. The first-order valence-corrected chi connectivity index (χ1v) is 14.1. The quantitative estimate of drug-likeness (QED) is 0.451. The fourth-order valence-corrected chi connectivity index (χ4v) is 4.56. The minimum atomic E-state index is -1.36. The zero-order chi connectivity index (χ0) is 21.9. The van der Waals surface area contributed by atoms with Gasteiger partial charge in [0.25, 0.3) is 5.91 Å². The first-order valence-electron chi connectivity index (χ1n) is 9.58. The van der Waals surface area contributed by atoms with Crippen molar-refractivity contribution in [2.75, 3.05) is 13.7 Å². The summed E-state index contributed by atoms with van der Waals surface area (Å²) in [4.78, 5) is 13.0. The topological polar surface area (TPSA) is 47.6 Å². The number of carbonyl (C=O) groups is 1. The Morgan fingerprint density at radius 3 is 2.21 bits per heavy atom. The Balaban J connectivity index is 3.23. The van der Waals surface area contributed by atoms with Crippen molar-refractivity contribution >= 4 is 29.9 Å². The van der Waals surface area contributed by atoms with Crippen LogP contribution < -0.4 is 14.8 Å². The van der Waals surface area contributed by atoms with Crippen molar-refractivity contribution in [1.29, 1.82) is 0 Å². The molecule has 160 valence electrons. The van der Waals surface area contributed by atoms with Crippen LogP contribution in [-0.4, -0.2) is 33.2 Å². The van der Waals surface area contributed by atoms with E-state index in [1.807, 2.05) is 13.8 Å². The van der Waals surface area contributed by atoms with Gasteiger partial charge in [0.15, 0.2) is 11.5 Å². The molecule has 1 amide bonds. The van der Waals surface area contributed by atoms with Crippen LogP contribution in [0.15, 0.2) is 10.5 Å². The van der Waals surface area contributed by atoms with Gasteiger partial charge in [-0.25, -0.2) is 0 Å². The molecule has 0 aliphatic carbocycles. The van der Waals surface area contributed by atoms with E-state index < -0.39 is 19.4 Å². The molecule has 0 bridgehead atoms. The number of halogens is 2. The van der Waals surface area contributed by atoms with Gasteiger partial charge in [-0.05, 0) is 53.7 Å². The average Bonchev–Trinajstić information content (AvgIpc) is 2.45. The van der Waals surface area contributed by atoms with Gasteiger partial charge in [-0.1, -0.05) is 40.4 Å². The number of amides is 1. The molecule has 0 unspecified atom stereocenters. The van der Waals surface area contributed by atoms with Gasteiger partial charge in [0, 0.05) is 13.6 Å². The number of ether oxygens (including phenoxy) is 2. The molecular formula is C21H35BrFNO3Si. The highest BCUT2D eigenvalue weighted by Gasteiger charge is 2.30. The number of carbonyl (C=O) groups excluding carboxylic acids is 1. The second kappa shape index (κ2) is 9.16. The highest BCUT2D eigenvalue weighted by atomic mass is 79.9. The average molecular weight is 477 g/mol. The van der Waals surface area contributed by atoms with Crippen molar-refractivity contribution in [3.63, 3.8) is 0 Å². The Kier molecular flexibility index (Phi) is 8.16. The molecule has 0 radical (unpaired) electrons. The van der Waals surface area contributed by atoms with Crippen molar-refractivity contribution in [3.05, 3.63) is 21.9 Å². The Morgan fingerprint density at radius 2 is 1.75 bits per heavy atom. The summed E-state index contributed by atoms with van der Waals surface area (Å²) in [5, 5.41) is 3.03. The molecule has 0 heterocycles. The SMILES string of the molecule is COc1c(Br)cc(C(=O)NC(C)(C)CC(C)(C)C)c(OCC[Si](C)(C)C)c1F. The zero-order valence-electron chi connectivity index (χ0n) is 18.7. The van der Waals surface area contributed by atoms with E-state index in [-0.39, 0.29) is 28.4 Å². The second-order valence-electron chi connectivity index (χ2n) is 10.3. The maximum Gasteiger partial charge on any atom is 0.255 e. The van der Waals surface area contributed by atoms with E-state index in [1.165, 1.54) is 7.11 Å². The van der Waals surface area contributed by atoms with Gasteiger partial charge in [-0.15, -0.1) is 0 Å². The molecule has 0 spiro atoms. The molecular weight excluding hydrogens is 441 g/mol. The van der Waals surface area contributed by atoms with Crippen molar-refractivity contribution in [2.45, 2.75) is 72.3 Å². The Bertz CT molecular complexity index is 709. The second-order valence-corrected chi connectivity index (χ2v) is 16.8. The highest BCUT2D eigenvalue weighted by Crippen LogP contribution is 2.38. The number of nitrogens with one attached hydrogen (secondary N) is 1. The third-order valence-electron chi connectivity index (χ3n) is 4.10. The molecule has 1 N–H and O–H groups in total. The summed E-state index contributed by atoms with van der Waals surface area (Å²) in [7, 11) is 0.0307. The number of methoxy groups -OCH3 is 1. The van der Waals surface area contributed by atoms with Crippen molar-refractivity contribution in [2.24, 2.45) is 5.41 Å². The molecule has 1 aromatic carbocycles. The summed E-state index contributed by atoms with van der Waals surface area (Å²) in [6.45, 7) is 17.3. The van der Waals surface area contributed by atoms with Gasteiger partial charge in [-0.3, -0.25) is 4.79 Å². The number of hydrogen-bond acceptors (Lipinski definition) is 3. The van der Waals surface area contributed by atoms with Crippen LogP contribution >= 0.6 is 15.9 Å². The largest absolute Gasteiger partial charge is 0.492 e. The predicted octanol–water partition coefficient (Wildman–Crippen LogP) is 6.26. The summed E-state index contributed by atoms with van der Waals surface area (Å²) in [5.74, 6) is -1.04. The molecule has 0 aliphatic rings. The summed E-state index contributed by atoms with van der Waals surface area (Å²) in [6, 6.07) is 2.43. The van der Waals surface area contributed by atoms with E-state index in [0.29, 0.717) is 11.1 Å². The number of rotatable bonds is 8. The van der Waals surface area contributed by atoms with E-state index >= 15 is 4.39 Å². The van der Waals surface area contributed by atoms with Crippen LogP contribution in [0, 0.1) is 11.2 Å². The van der Waals surface area contributed by atoms with E-state index in [9.17, 15) is 4.79 Å². The van der Waals surface area contributed by atoms with Crippen LogP contribution in [0.4, 0.5) is 4.39 Å². The van der Waals surface area contributed by atoms with Crippen LogP contribution in [0.2, 0.25) is 25.7 Å². The van der Waals surface area contributed by atoms with E-state index in [1.54, 1.807) is 6.07 Å². The monoisotopic (exact) mass is 475 g/mol. The maximum atomic E-state index is 15.0. The molecule has 28 heavy (non-hydrogen) atoms. The van der Waals surface area contributed by atoms with Crippen molar-refractivity contribution in [1.82, 2.24) is 5.32 Å². The van der Waals surface area contributed by atoms with E-state index in [2.05, 4.69) is 61.7 Å². The summed E-state index contributed by atoms with van der Waals surface area (Å²) in [5.41, 5.74) is -0.241. The number of benzene rings is 1. The molecule has 0 aromatic heterocycles. The molecule has 0 fully saturated rings. The van der Waals surface area contributed by atoms with Crippen molar-refractivity contribution in [3.8, 4) is 11.5 Å². The first-order chi connectivity index (χ1) is 12.6. The van der Waals surface area contributed by atoms with Crippen LogP contribution in [0.1, 0.15) is 51.4 Å². The lowest BCUT2D eigenvalue weighted by Crippen LogP contribution is -2.46. The lowest BCUT2D eigenvalue weighted by Gasteiger charge is -2.33. The molecule has 1 aromatic rings. The summed E-state index contributed by atoms with van der Waals surface area (Å²) in [6.07, 6.45) is 0.775. The minimum absolute atomic E-state index is 0.0357. The molecule has 0 saturated carbocycles. The molecule has 0 atom stereocenters. The highest BCUT2D eigenvalue weighted by molar-refractivity contribution is 9.10. The standard InChI is InChI=1S/C21H35BrFNO3Si/c1-20(2,3)13-21(4,5)24-19(25)14-12-15(22)18(26-6)16(23)17(14)27-10-11-28(7,8)9/h12H,10-11,13H2,1-9H3,(H,24,25). The van der Waals surface area contributed by atoms with Crippen LogP contribution in [-0.2, 0) is 0 Å². The molecule has 0 aliphatic heterocycles. The fourth-order valence-electron chi connectivity index (χ4n) is 3.28. The third kappa shape index (κ3) is 7.74. The smallest absolute Gasteiger partial charge is 0.255 e. The Morgan fingerprint density at radius 1 is 1.18 bits per heavy atom. The van der Waals surface area contributed by atoms with Gasteiger partial charge in [-0.2, -0.15) is 4.39 Å². The van der Waals surface area contributed by atoms with E-state index in [0.717, 1.165) is 12.5 Å². The van der Waals surface area contributed by atoms with Gasteiger partial charge in [0.05, 0.1) is 23.8 Å². The van der Waals surface area contributed by atoms with Crippen molar-refractivity contribution < 1.29 is 18.7 Å². The van der Waals surface area contributed by atoms with Crippen LogP contribution in [0.5, 0.6) is 11.5 Å². The van der Waals surface area contributed by atoms with Gasteiger partial charge in [0.2, 0.25) is 5.82 Å². The van der Waals surface area contributed by atoms with Crippen LogP contribution in [0.25, 0.3) is 0 Å². The normalized spacial score (nSPS) is 12.7. The Labute approximate surface area is 178 Å². The predicted molar refractivity (Wildman–Crippen MR) is 120 cm³/mol. The number of hydrogen-bond donors (Lipinski definition) is 1. The lowest BCUT2D eigenvalue weighted by atomic mass is 9.81. The molecule has 0 saturated heterocycles. The van der Waals surface area contributed by atoms with E-state index in [4.69, 9.17) is 9.47 Å². The van der Waals surface area contributed by atoms with Crippen LogP contribution in [0.3, 0.4) is 0 Å². The zero-order valence-corrected chi connectivity index (χ0v) is 21.3. The first kappa shape index (κ1) is 25.0. The summed E-state index contributed by atoms with van der Waals surface area (Å²) >= 11 is 3.30. The third-order valence-corrected chi connectivity index (χ3v) is 6.40. The van der Waals surface area contributed by atoms with Gasteiger partial charge in [0.1, 0.15) is 0 Å². The minimum Gasteiger partial charge on any atom is -0.492 e. The van der Waals surface area contributed by atoms with Gasteiger partial charge < -0.3 is 14.8 Å². The molecule has 1 rings (SSSR count). The molecule has 7 heteroatoms. The lowest BCUT2D eigenvalue weighted by molar-refractivity contribution is 0.0886. The Hall–Kier alpha value is -1.08. The fraction of sp³-hybridized carbons (Fsp3) is 0.667. The molecule has 4 nitrogen and oxygen atoms in total.